The zero-order valence-corrected chi connectivity index (χ0v) is 17.3. The van der Waals surface area contributed by atoms with Crippen LogP contribution in [0, 0.1) is 17.7 Å². The number of nitrogens with two attached hydrogens (primary N) is 1. The molecule has 3 N–H and O–H groups in total. The molecule has 0 radical (unpaired) electrons. The van der Waals surface area contributed by atoms with E-state index in [-0.39, 0.29) is 46.8 Å². The van der Waals surface area contributed by atoms with Crippen LogP contribution < -0.4 is 11.1 Å². The van der Waals surface area contributed by atoms with Gasteiger partial charge in [-0.2, -0.15) is 0 Å². The van der Waals surface area contributed by atoms with Gasteiger partial charge in [0.25, 0.3) is 0 Å². The summed E-state index contributed by atoms with van der Waals surface area (Å²) >= 11 is 0. The fourth-order valence-corrected chi connectivity index (χ4v) is 5.64. The molecule has 1 aromatic carbocycles. The predicted octanol–water partition coefficient (Wildman–Crippen LogP) is 2.25. The van der Waals surface area contributed by atoms with Gasteiger partial charge in [0.15, 0.2) is 15.6 Å². The summed E-state index contributed by atoms with van der Waals surface area (Å²) in [5, 5.41) is 2.89. The van der Waals surface area contributed by atoms with Crippen molar-refractivity contribution in [2.24, 2.45) is 17.6 Å². The van der Waals surface area contributed by atoms with Crippen LogP contribution in [0.15, 0.2) is 23.1 Å². The Bertz CT molecular complexity index is 847. The van der Waals surface area contributed by atoms with Crippen LogP contribution >= 0.6 is 12.4 Å². The van der Waals surface area contributed by atoms with E-state index < -0.39 is 33.1 Å². The summed E-state index contributed by atoms with van der Waals surface area (Å²) < 4.78 is 38.9. The van der Waals surface area contributed by atoms with Gasteiger partial charge in [0.2, 0.25) is 5.91 Å². The number of hydrogen-bond acceptors (Lipinski definition) is 5. The minimum atomic E-state index is -4.00. The highest BCUT2D eigenvalue weighted by Crippen LogP contribution is 2.39. The molecule has 6 nitrogen and oxygen atoms in total. The average Bonchev–Trinajstić information content (AvgIpc) is 2.54. The minimum absolute atomic E-state index is 0. The lowest BCUT2D eigenvalue weighted by Crippen LogP contribution is -2.54. The van der Waals surface area contributed by atoms with E-state index >= 15 is 0 Å². The molecule has 0 saturated heterocycles. The van der Waals surface area contributed by atoms with Crippen molar-refractivity contribution in [3.05, 3.63) is 29.6 Å². The van der Waals surface area contributed by atoms with Crippen molar-refractivity contribution >= 4 is 33.9 Å². The maximum Gasteiger partial charge on any atom is 0.235 e. The van der Waals surface area contributed by atoms with Crippen LogP contribution in [-0.2, 0) is 14.6 Å². The number of ketones is 1. The van der Waals surface area contributed by atoms with E-state index in [1.165, 1.54) is 6.92 Å². The van der Waals surface area contributed by atoms with E-state index in [2.05, 4.69) is 5.32 Å². The van der Waals surface area contributed by atoms with Crippen molar-refractivity contribution in [1.29, 1.82) is 0 Å². The molecule has 1 amide bonds. The van der Waals surface area contributed by atoms with E-state index in [9.17, 15) is 22.4 Å². The number of carbonyl (C=O) groups excluding carboxylic acids is 2. The van der Waals surface area contributed by atoms with Crippen molar-refractivity contribution in [1.82, 2.24) is 5.32 Å². The van der Waals surface area contributed by atoms with Crippen molar-refractivity contribution in [3.8, 4) is 0 Å². The molecule has 156 valence electrons. The molecule has 2 aliphatic rings. The van der Waals surface area contributed by atoms with Gasteiger partial charge in [0.05, 0.1) is 10.5 Å². The third-order valence-corrected chi connectivity index (χ3v) is 7.32. The minimum Gasteiger partial charge on any atom is -0.352 e. The topological polar surface area (TPSA) is 106 Å². The number of fused-ring (bicyclic) bond motifs is 2. The van der Waals surface area contributed by atoms with Crippen LogP contribution in [0.2, 0.25) is 0 Å². The van der Waals surface area contributed by atoms with Gasteiger partial charge in [-0.3, -0.25) is 9.59 Å². The zero-order valence-electron chi connectivity index (χ0n) is 15.7. The first-order chi connectivity index (χ1) is 12.7. The summed E-state index contributed by atoms with van der Waals surface area (Å²) in [6.07, 6.45) is 4.76. The zero-order chi connectivity index (χ0) is 19.8. The molecule has 9 heteroatoms. The van der Waals surface area contributed by atoms with Crippen LogP contribution in [0.1, 0.15) is 49.4 Å². The summed E-state index contributed by atoms with van der Waals surface area (Å²) in [5.41, 5.74) is 5.90. The number of halogens is 2. The molecule has 2 saturated carbocycles. The quantitative estimate of drug-likeness (QED) is 0.694. The van der Waals surface area contributed by atoms with E-state index in [4.69, 9.17) is 5.73 Å². The molecule has 0 heterocycles. The Kier molecular flexibility index (Phi) is 7.22. The fraction of sp³-hybridized carbons (Fsp3) is 0.579. The summed E-state index contributed by atoms with van der Waals surface area (Å²) in [7, 11) is -4.00. The molecule has 2 bridgehead atoms. The lowest BCUT2D eigenvalue weighted by Gasteiger charge is -2.45. The van der Waals surface area contributed by atoms with E-state index in [1.807, 2.05) is 0 Å². The van der Waals surface area contributed by atoms with Crippen molar-refractivity contribution in [2.75, 3.05) is 5.75 Å². The van der Waals surface area contributed by atoms with Crippen molar-refractivity contribution in [2.45, 2.75) is 56.0 Å². The molecule has 2 aliphatic carbocycles. The lowest BCUT2D eigenvalue weighted by atomic mass is 9.67. The second kappa shape index (κ2) is 8.88. The van der Waals surface area contributed by atoms with Crippen molar-refractivity contribution in [3.63, 3.8) is 0 Å². The predicted molar refractivity (Wildman–Crippen MR) is 106 cm³/mol. The number of rotatable bonds is 5. The first-order valence-electron chi connectivity index (χ1n) is 9.25. The number of benzene rings is 1. The van der Waals surface area contributed by atoms with Gasteiger partial charge in [0, 0.05) is 12.1 Å². The van der Waals surface area contributed by atoms with Crippen LogP contribution in [0.25, 0.3) is 0 Å². The van der Waals surface area contributed by atoms with Crippen LogP contribution in [-0.4, -0.2) is 37.9 Å². The molecule has 2 atom stereocenters. The van der Waals surface area contributed by atoms with Gasteiger partial charge in [-0.15, -0.1) is 12.4 Å². The Morgan fingerprint density at radius 3 is 2.36 bits per heavy atom. The SMILES string of the molecule is CC(=O)c1ccc(S(=O)(=O)CC(=O)NC2C3CCCC2CC(N)C3)cc1F.Cl. The van der Waals surface area contributed by atoms with Crippen molar-refractivity contribution < 1.29 is 22.4 Å². The Labute approximate surface area is 170 Å². The van der Waals surface area contributed by atoms with Gasteiger partial charge in [-0.25, -0.2) is 12.8 Å². The third kappa shape index (κ3) is 4.90. The molecule has 2 unspecified atom stereocenters. The second-order valence-electron chi connectivity index (χ2n) is 7.73. The largest absolute Gasteiger partial charge is 0.352 e. The monoisotopic (exact) mass is 432 g/mol. The Balaban J connectivity index is 0.00000280. The first-order valence-corrected chi connectivity index (χ1v) is 10.9. The summed E-state index contributed by atoms with van der Waals surface area (Å²) in [6.45, 7) is 1.20. The first kappa shape index (κ1) is 22.8. The molecule has 0 aliphatic heterocycles. The molecule has 1 aromatic rings. The molecule has 0 spiro atoms. The smallest absolute Gasteiger partial charge is 0.235 e. The van der Waals surface area contributed by atoms with Gasteiger partial charge >= 0.3 is 0 Å². The van der Waals surface area contributed by atoms with Crippen LogP contribution in [0.4, 0.5) is 4.39 Å². The number of amides is 1. The fourth-order valence-electron chi connectivity index (χ4n) is 4.48. The van der Waals surface area contributed by atoms with Gasteiger partial charge in [-0.1, -0.05) is 6.42 Å². The van der Waals surface area contributed by atoms with Gasteiger partial charge in [0.1, 0.15) is 11.6 Å². The molecular weight excluding hydrogens is 407 g/mol. The number of sulfone groups is 1. The highest BCUT2D eigenvalue weighted by molar-refractivity contribution is 7.92. The average molecular weight is 433 g/mol. The van der Waals surface area contributed by atoms with Gasteiger partial charge < -0.3 is 11.1 Å². The lowest BCUT2D eigenvalue weighted by molar-refractivity contribution is -0.120. The van der Waals surface area contributed by atoms with E-state index in [0.717, 1.165) is 50.3 Å². The number of Topliss-reactive ketones (excluding diaryl/α,β-unsaturated/α-hetero) is 1. The molecular formula is C19H26ClFN2O4S. The maximum absolute atomic E-state index is 13.9. The molecule has 3 rings (SSSR count). The summed E-state index contributed by atoms with van der Waals surface area (Å²) in [6, 6.07) is 3.19. The highest BCUT2D eigenvalue weighted by Gasteiger charge is 2.40. The van der Waals surface area contributed by atoms with Gasteiger partial charge in [-0.05, 0) is 62.6 Å². The second-order valence-corrected chi connectivity index (χ2v) is 9.72. The number of hydrogen-bond donors (Lipinski definition) is 2. The summed E-state index contributed by atoms with van der Waals surface area (Å²) in [4.78, 5) is 23.4. The molecule has 28 heavy (non-hydrogen) atoms. The number of carbonyl (C=O) groups is 2. The highest BCUT2D eigenvalue weighted by atomic mass is 35.5. The molecule has 0 aromatic heterocycles. The normalized spacial score (nSPS) is 26.8. The standard InChI is InChI=1S/C19H25FN2O4S.ClH/c1-11(23)16-6-5-15(9-17(16)20)27(25,26)10-18(24)22-19-12-3-2-4-13(19)8-14(21)7-12;/h5-6,9,12-14,19H,2-4,7-8,10,21H2,1H3,(H,22,24);1H. The van der Waals surface area contributed by atoms with Crippen LogP contribution in [0.5, 0.6) is 0 Å². The van der Waals surface area contributed by atoms with Crippen LogP contribution in [0.3, 0.4) is 0 Å². The van der Waals surface area contributed by atoms with E-state index in [1.54, 1.807) is 0 Å². The maximum atomic E-state index is 13.9. The molecule has 2 fully saturated rings. The Hall–Kier alpha value is -1.51. The summed E-state index contributed by atoms with van der Waals surface area (Å²) in [5.74, 6) is -2.15. The Morgan fingerprint density at radius 1 is 1.21 bits per heavy atom. The Morgan fingerprint density at radius 2 is 1.82 bits per heavy atom. The third-order valence-electron chi connectivity index (χ3n) is 5.70. The van der Waals surface area contributed by atoms with E-state index in [0.29, 0.717) is 0 Å². The number of nitrogens with one attached hydrogen (secondary N) is 1.